The summed E-state index contributed by atoms with van der Waals surface area (Å²) in [6.45, 7) is 8.84. The van der Waals surface area contributed by atoms with Crippen molar-refractivity contribution in [1.29, 1.82) is 0 Å². The van der Waals surface area contributed by atoms with Gasteiger partial charge in [0.1, 0.15) is 0 Å². The number of anilines is 1. The summed E-state index contributed by atoms with van der Waals surface area (Å²) in [4.78, 5) is 18.3. The van der Waals surface area contributed by atoms with E-state index < -0.39 is 18.3 Å². The standard InChI is InChI=1S/C16H23BN2O3/c1-15(2)16(3,4)22-17(21-15)13-11-12(8-9-18-13)19-10-6-5-7-14(19)20/h8-9,11H,5-7,10H2,1-4H3. The number of nitrogens with zero attached hydrogens (tertiary/aromatic N) is 2. The van der Waals surface area contributed by atoms with Crippen molar-refractivity contribution in [2.75, 3.05) is 11.4 Å². The van der Waals surface area contributed by atoms with Gasteiger partial charge in [-0.15, -0.1) is 0 Å². The number of rotatable bonds is 2. The van der Waals surface area contributed by atoms with E-state index in [4.69, 9.17) is 9.31 Å². The van der Waals surface area contributed by atoms with Gasteiger partial charge in [-0.25, -0.2) is 0 Å². The van der Waals surface area contributed by atoms with Gasteiger partial charge in [0.25, 0.3) is 0 Å². The van der Waals surface area contributed by atoms with E-state index in [9.17, 15) is 4.79 Å². The molecule has 2 aliphatic rings. The van der Waals surface area contributed by atoms with Gasteiger partial charge in [0.15, 0.2) is 0 Å². The van der Waals surface area contributed by atoms with Crippen molar-refractivity contribution in [3.8, 4) is 0 Å². The number of carbonyl (C=O) groups excluding carboxylic acids is 1. The second-order valence-electron chi connectivity index (χ2n) is 7.03. The third-order valence-electron chi connectivity index (χ3n) is 4.89. The second kappa shape index (κ2) is 5.35. The van der Waals surface area contributed by atoms with Crippen molar-refractivity contribution >= 4 is 24.3 Å². The van der Waals surface area contributed by atoms with Gasteiger partial charge < -0.3 is 14.2 Å². The van der Waals surface area contributed by atoms with Crippen LogP contribution in [-0.4, -0.2) is 35.8 Å². The number of amides is 1. The van der Waals surface area contributed by atoms with E-state index in [0.717, 1.165) is 30.7 Å². The van der Waals surface area contributed by atoms with Gasteiger partial charge in [0, 0.05) is 24.8 Å². The summed E-state index contributed by atoms with van der Waals surface area (Å²) in [5.41, 5.74) is 0.811. The topological polar surface area (TPSA) is 51.7 Å². The molecule has 0 bridgehead atoms. The Morgan fingerprint density at radius 3 is 2.50 bits per heavy atom. The first-order valence-electron chi connectivity index (χ1n) is 7.92. The van der Waals surface area contributed by atoms with E-state index in [-0.39, 0.29) is 5.91 Å². The van der Waals surface area contributed by atoms with Crippen LogP contribution in [0.1, 0.15) is 47.0 Å². The largest absolute Gasteiger partial charge is 0.514 e. The fraction of sp³-hybridized carbons (Fsp3) is 0.625. The van der Waals surface area contributed by atoms with Gasteiger partial charge in [-0.3, -0.25) is 9.78 Å². The number of carbonyl (C=O) groups is 1. The van der Waals surface area contributed by atoms with Gasteiger partial charge in [-0.1, -0.05) is 0 Å². The average molecular weight is 302 g/mol. The molecule has 2 fully saturated rings. The van der Waals surface area contributed by atoms with E-state index in [0.29, 0.717) is 6.42 Å². The summed E-state index contributed by atoms with van der Waals surface area (Å²) in [6.07, 6.45) is 4.36. The van der Waals surface area contributed by atoms with Crippen LogP contribution in [0.15, 0.2) is 18.3 Å². The molecule has 0 spiro atoms. The van der Waals surface area contributed by atoms with Crippen molar-refractivity contribution < 1.29 is 14.1 Å². The van der Waals surface area contributed by atoms with Gasteiger partial charge in [0.05, 0.1) is 16.8 Å². The normalized spacial score (nSPS) is 23.9. The maximum atomic E-state index is 12.1. The molecule has 2 aliphatic heterocycles. The quantitative estimate of drug-likeness (QED) is 0.783. The molecule has 6 heteroatoms. The smallest absolute Gasteiger partial charge is 0.398 e. The Hall–Kier alpha value is -1.40. The zero-order chi connectivity index (χ0) is 16.0. The Morgan fingerprint density at radius 2 is 1.86 bits per heavy atom. The number of hydrogen-bond donors (Lipinski definition) is 0. The molecule has 5 nitrogen and oxygen atoms in total. The third kappa shape index (κ3) is 2.65. The molecular formula is C16H23BN2O3. The first-order chi connectivity index (χ1) is 10.3. The maximum absolute atomic E-state index is 12.1. The average Bonchev–Trinajstić information content (AvgIpc) is 2.68. The monoisotopic (exact) mass is 302 g/mol. The number of pyridine rings is 1. The van der Waals surface area contributed by atoms with Crippen LogP contribution in [-0.2, 0) is 14.1 Å². The highest BCUT2D eigenvalue weighted by atomic mass is 16.7. The minimum Gasteiger partial charge on any atom is -0.398 e. The Morgan fingerprint density at radius 1 is 1.18 bits per heavy atom. The molecule has 0 atom stereocenters. The zero-order valence-corrected chi connectivity index (χ0v) is 13.8. The van der Waals surface area contributed by atoms with Gasteiger partial charge in [-0.05, 0) is 52.7 Å². The molecule has 1 aromatic rings. The van der Waals surface area contributed by atoms with E-state index in [2.05, 4.69) is 4.98 Å². The van der Waals surface area contributed by atoms with Crippen LogP contribution in [0.5, 0.6) is 0 Å². The minimum atomic E-state index is -0.496. The van der Waals surface area contributed by atoms with Crippen LogP contribution in [0.25, 0.3) is 0 Å². The molecule has 3 heterocycles. The van der Waals surface area contributed by atoms with Crippen LogP contribution in [0, 0.1) is 0 Å². The molecule has 22 heavy (non-hydrogen) atoms. The lowest BCUT2D eigenvalue weighted by molar-refractivity contribution is -0.119. The van der Waals surface area contributed by atoms with Gasteiger partial charge in [-0.2, -0.15) is 0 Å². The highest BCUT2D eigenvalue weighted by Gasteiger charge is 2.52. The molecule has 0 N–H and O–H groups in total. The molecule has 0 aromatic carbocycles. The van der Waals surface area contributed by atoms with Crippen LogP contribution < -0.4 is 10.5 Å². The Labute approximate surface area is 132 Å². The van der Waals surface area contributed by atoms with Crippen molar-refractivity contribution in [1.82, 2.24) is 4.98 Å². The summed E-state index contributed by atoms with van der Waals surface area (Å²) < 4.78 is 12.1. The molecule has 1 amide bonds. The zero-order valence-electron chi connectivity index (χ0n) is 13.8. The van der Waals surface area contributed by atoms with Gasteiger partial charge >= 0.3 is 7.12 Å². The molecule has 0 aliphatic carbocycles. The molecular weight excluding hydrogens is 279 g/mol. The van der Waals surface area contributed by atoms with E-state index in [1.54, 1.807) is 6.20 Å². The second-order valence-corrected chi connectivity index (χ2v) is 7.03. The van der Waals surface area contributed by atoms with Crippen LogP contribution in [0.3, 0.4) is 0 Å². The predicted octanol–water partition coefficient (Wildman–Crippen LogP) is 1.90. The summed E-state index contributed by atoms with van der Waals surface area (Å²) in [5, 5.41) is 0. The first kappa shape index (κ1) is 15.5. The molecule has 2 saturated heterocycles. The highest BCUT2D eigenvalue weighted by molar-refractivity contribution is 6.61. The molecule has 1 aromatic heterocycles. The van der Waals surface area contributed by atoms with Crippen molar-refractivity contribution in [3.63, 3.8) is 0 Å². The van der Waals surface area contributed by atoms with Gasteiger partial charge in [0.2, 0.25) is 5.91 Å². The molecule has 0 unspecified atom stereocenters. The SMILES string of the molecule is CC1(C)OB(c2cc(N3CCCCC3=O)ccn2)OC1(C)C. The number of aromatic nitrogens is 1. The Balaban J connectivity index is 1.85. The molecule has 118 valence electrons. The van der Waals surface area contributed by atoms with Crippen LogP contribution in [0.2, 0.25) is 0 Å². The summed E-state index contributed by atoms with van der Waals surface area (Å²) in [5.74, 6) is 0.178. The van der Waals surface area contributed by atoms with Crippen LogP contribution in [0.4, 0.5) is 5.69 Å². The van der Waals surface area contributed by atoms with E-state index in [1.165, 1.54) is 0 Å². The fourth-order valence-corrected chi connectivity index (χ4v) is 2.78. The van der Waals surface area contributed by atoms with Crippen molar-refractivity contribution in [3.05, 3.63) is 18.3 Å². The maximum Gasteiger partial charge on any atom is 0.514 e. The van der Waals surface area contributed by atoms with E-state index in [1.807, 2.05) is 44.7 Å². The molecule has 0 radical (unpaired) electrons. The minimum absolute atomic E-state index is 0.178. The van der Waals surface area contributed by atoms with Crippen molar-refractivity contribution in [2.24, 2.45) is 0 Å². The van der Waals surface area contributed by atoms with Crippen LogP contribution >= 0.6 is 0 Å². The number of piperidine rings is 1. The number of hydrogen-bond acceptors (Lipinski definition) is 4. The Bertz CT molecular complexity index is 573. The summed E-state index contributed by atoms with van der Waals surface area (Å²) >= 11 is 0. The Kier molecular flexibility index (Phi) is 3.77. The lowest BCUT2D eigenvalue weighted by Crippen LogP contribution is -2.41. The summed E-state index contributed by atoms with van der Waals surface area (Å²) in [6, 6.07) is 3.78. The highest BCUT2D eigenvalue weighted by Crippen LogP contribution is 2.36. The summed E-state index contributed by atoms with van der Waals surface area (Å²) in [7, 11) is -0.496. The molecule has 0 saturated carbocycles. The van der Waals surface area contributed by atoms with Crippen molar-refractivity contribution in [2.45, 2.75) is 58.2 Å². The molecule has 3 rings (SSSR count). The lowest BCUT2D eigenvalue weighted by Gasteiger charge is -2.32. The third-order valence-corrected chi connectivity index (χ3v) is 4.89. The first-order valence-corrected chi connectivity index (χ1v) is 7.92. The predicted molar refractivity (Wildman–Crippen MR) is 86.2 cm³/mol. The lowest BCUT2D eigenvalue weighted by atomic mass is 9.84. The fourth-order valence-electron chi connectivity index (χ4n) is 2.78. The van der Waals surface area contributed by atoms with E-state index >= 15 is 0 Å².